The molecule has 0 saturated carbocycles. The molecule has 0 aliphatic carbocycles. The van der Waals surface area contributed by atoms with E-state index in [2.05, 4.69) is 4.99 Å². The van der Waals surface area contributed by atoms with E-state index in [0.717, 1.165) is 12.1 Å². The molecule has 2 rings (SSSR count). The minimum atomic E-state index is -3.79. The molecule has 1 aliphatic heterocycles. The number of nitro groups is 1. The van der Waals surface area contributed by atoms with Crippen molar-refractivity contribution >= 4 is 32.9 Å². The molecule has 0 saturated heterocycles. The molecule has 8 nitrogen and oxygen atoms in total. The topological polar surface area (TPSA) is 127 Å². The van der Waals surface area contributed by atoms with Crippen LogP contribution in [-0.2, 0) is 14.6 Å². The van der Waals surface area contributed by atoms with Crippen LogP contribution in [0, 0.1) is 10.1 Å². The molecule has 9 heteroatoms. The number of aliphatic carboxylic acids is 1. The van der Waals surface area contributed by atoms with E-state index in [4.69, 9.17) is 5.11 Å². The van der Waals surface area contributed by atoms with Gasteiger partial charge in [0.2, 0.25) is 0 Å². The van der Waals surface area contributed by atoms with Crippen LogP contribution in [-0.4, -0.2) is 35.9 Å². The second-order valence-corrected chi connectivity index (χ2v) is 5.87. The zero-order valence-electron chi connectivity index (χ0n) is 9.44. The molecule has 0 fully saturated rings. The number of hydrogen-bond acceptors (Lipinski definition) is 6. The van der Waals surface area contributed by atoms with Crippen LogP contribution in [0.1, 0.15) is 6.42 Å². The highest BCUT2D eigenvalue weighted by Gasteiger charge is 2.29. The molecule has 1 aromatic carbocycles. The van der Waals surface area contributed by atoms with Crippen LogP contribution in [0.15, 0.2) is 28.1 Å². The third-order valence-corrected chi connectivity index (χ3v) is 4.19. The average molecular weight is 284 g/mol. The van der Waals surface area contributed by atoms with E-state index in [1.807, 2.05) is 0 Å². The fraction of sp³-hybridized carbons (Fsp3) is 0.200. The van der Waals surface area contributed by atoms with Crippen molar-refractivity contribution in [2.24, 2.45) is 4.99 Å². The number of sulfone groups is 1. The fourth-order valence-electron chi connectivity index (χ4n) is 1.72. The minimum absolute atomic E-state index is 0.00820. The Bertz CT molecular complexity index is 707. The lowest BCUT2D eigenvalue weighted by Gasteiger charge is -2.14. The Hall–Kier alpha value is -2.29. The van der Waals surface area contributed by atoms with Gasteiger partial charge in [0, 0.05) is 17.8 Å². The van der Waals surface area contributed by atoms with Gasteiger partial charge in [-0.15, -0.1) is 0 Å². The first-order valence-corrected chi connectivity index (χ1v) is 6.74. The molecular weight excluding hydrogens is 276 g/mol. The first kappa shape index (κ1) is 13.1. The van der Waals surface area contributed by atoms with Crippen molar-refractivity contribution in [2.75, 3.05) is 5.75 Å². The third-order valence-electron chi connectivity index (χ3n) is 2.48. The highest BCUT2D eigenvalue weighted by Crippen LogP contribution is 2.33. The highest BCUT2D eigenvalue weighted by atomic mass is 32.2. The molecule has 100 valence electrons. The van der Waals surface area contributed by atoms with E-state index in [1.54, 1.807) is 0 Å². The van der Waals surface area contributed by atoms with Crippen LogP contribution < -0.4 is 0 Å². The number of benzene rings is 1. The standard InChI is InChI=1S/C10H8N2O6S/c13-10(14)3-6-5-19(17,18)9-4-7(12(15)16)1-2-8(9)11-6/h1-2,4H,3,5H2,(H,13,14). The fourth-order valence-corrected chi connectivity index (χ4v) is 3.22. The maximum Gasteiger partial charge on any atom is 0.309 e. The Kier molecular flexibility index (Phi) is 3.06. The molecule has 1 heterocycles. The molecule has 0 spiro atoms. The summed E-state index contributed by atoms with van der Waals surface area (Å²) in [6.07, 6.45) is -0.477. The molecule has 0 unspecified atom stereocenters. The van der Waals surface area contributed by atoms with Gasteiger partial charge in [-0.25, -0.2) is 8.42 Å². The largest absolute Gasteiger partial charge is 0.481 e. The predicted molar refractivity (Wildman–Crippen MR) is 64.5 cm³/mol. The lowest BCUT2D eigenvalue weighted by atomic mass is 10.2. The Labute approximate surface area is 107 Å². The van der Waals surface area contributed by atoms with Gasteiger partial charge in [0.25, 0.3) is 5.69 Å². The van der Waals surface area contributed by atoms with Gasteiger partial charge >= 0.3 is 5.97 Å². The Balaban J connectivity index is 2.56. The normalized spacial score (nSPS) is 16.3. The number of hydrogen-bond donors (Lipinski definition) is 1. The van der Waals surface area contributed by atoms with E-state index in [0.29, 0.717) is 0 Å². The summed E-state index contributed by atoms with van der Waals surface area (Å²) in [5.41, 5.74) is -0.304. The number of carboxylic acids is 1. The number of aliphatic imine (C=N–C) groups is 1. The van der Waals surface area contributed by atoms with Gasteiger partial charge in [0.1, 0.15) is 0 Å². The van der Waals surface area contributed by atoms with E-state index in [-0.39, 0.29) is 22.0 Å². The summed E-state index contributed by atoms with van der Waals surface area (Å²) in [5, 5.41) is 19.2. The molecule has 0 atom stereocenters. The summed E-state index contributed by atoms with van der Waals surface area (Å²) >= 11 is 0. The first-order chi connectivity index (χ1) is 8.79. The summed E-state index contributed by atoms with van der Waals surface area (Å²) in [4.78, 5) is 24.1. The van der Waals surface area contributed by atoms with E-state index in [1.165, 1.54) is 6.07 Å². The quantitative estimate of drug-likeness (QED) is 0.649. The number of non-ortho nitro benzene ring substituents is 1. The first-order valence-electron chi connectivity index (χ1n) is 5.09. The maximum absolute atomic E-state index is 11.9. The van der Waals surface area contributed by atoms with Crippen molar-refractivity contribution in [3.63, 3.8) is 0 Å². The predicted octanol–water partition coefficient (Wildman–Crippen LogP) is 0.929. The van der Waals surface area contributed by atoms with Crippen molar-refractivity contribution in [1.29, 1.82) is 0 Å². The Morgan fingerprint density at radius 1 is 1.47 bits per heavy atom. The highest BCUT2D eigenvalue weighted by molar-refractivity contribution is 7.92. The molecule has 0 aromatic heterocycles. The van der Waals surface area contributed by atoms with E-state index >= 15 is 0 Å². The van der Waals surface area contributed by atoms with Gasteiger partial charge in [-0.2, -0.15) is 0 Å². The minimum Gasteiger partial charge on any atom is -0.481 e. The molecule has 0 bridgehead atoms. The number of nitrogens with zero attached hydrogens (tertiary/aromatic N) is 2. The van der Waals surface area contributed by atoms with Gasteiger partial charge < -0.3 is 5.11 Å². The summed E-state index contributed by atoms with van der Waals surface area (Å²) in [7, 11) is -3.79. The lowest BCUT2D eigenvalue weighted by molar-refractivity contribution is -0.385. The Morgan fingerprint density at radius 2 is 2.16 bits per heavy atom. The zero-order chi connectivity index (χ0) is 14.2. The summed E-state index contributed by atoms with van der Waals surface area (Å²) < 4.78 is 23.9. The van der Waals surface area contributed by atoms with Crippen LogP contribution in [0.5, 0.6) is 0 Å². The van der Waals surface area contributed by atoms with Gasteiger partial charge in [-0.05, 0) is 6.07 Å². The smallest absolute Gasteiger partial charge is 0.309 e. The van der Waals surface area contributed by atoms with Crippen LogP contribution in [0.25, 0.3) is 0 Å². The third kappa shape index (κ3) is 2.60. The van der Waals surface area contributed by atoms with Crippen LogP contribution in [0.4, 0.5) is 11.4 Å². The monoisotopic (exact) mass is 284 g/mol. The number of carboxylic acid groups (broad SMARTS) is 1. The van der Waals surface area contributed by atoms with E-state index in [9.17, 15) is 23.3 Å². The van der Waals surface area contributed by atoms with E-state index < -0.39 is 32.9 Å². The lowest BCUT2D eigenvalue weighted by Crippen LogP contribution is -2.22. The van der Waals surface area contributed by atoms with Gasteiger partial charge in [-0.3, -0.25) is 19.9 Å². The van der Waals surface area contributed by atoms with Crippen molar-refractivity contribution in [3.05, 3.63) is 28.3 Å². The van der Waals surface area contributed by atoms with Gasteiger partial charge in [0.15, 0.2) is 9.84 Å². The summed E-state index contributed by atoms with van der Waals surface area (Å²) in [6.45, 7) is 0. The molecule has 1 aliphatic rings. The van der Waals surface area contributed by atoms with Crippen molar-refractivity contribution in [1.82, 2.24) is 0 Å². The molecular formula is C10H8N2O6S. The number of rotatable bonds is 3. The van der Waals surface area contributed by atoms with Crippen molar-refractivity contribution < 1.29 is 23.2 Å². The average Bonchev–Trinajstić information content (AvgIpc) is 2.26. The van der Waals surface area contributed by atoms with Crippen molar-refractivity contribution in [3.8, 4) is 0 Å². The molecule has 19 heavy (non-hydrogen) atoms. The summed E-state index contributed by atoms with van der Waals surface area (Å²) in [6, 6.07) is 3.26. The molecule has 0 radical (unpaired) electrons. The number of carbonyl (C=O) groups is 1. The van der Waals surface area contributed by atoms with Crippen LogP contribution in [0.3, 0.4) is 0 Å². The Morgan fingerprint density at radius 3 is 2.74 bits per heavy atom. The number of fused-ring (bicyclic) bond motifs is 1. The molecule has 1 N–H and O–H groups in total. The second-order valence-electron chi connectivity index (χ2n) is 3.92. The summed E-state index contributed by atoms with van der Waals surface area (Å²) in [5.74, 6) is -1.72. The molecule has 1 aromatic rings. The van der Waals surface area contributed by atoms with Crippen LogP contribution in [0.2, 0.25) is 0 Å². The van der Waals surface area contributed by atoms with Gasteiger partial charge in [-0.1, -0.05) is 0 Å². The number of nitro benzene ring substituents is 1. The zero-order valence-corrected chi connectivity index (χ0v) is 10.3. The second kappa shape index (κ2) is 4.43. The maximum atomic E-state index is 11.9. The van der Waals surface area contributed by atoms with Crippen LogP contribution >= 0.6 is 0 Å². The SMILES string of the molecule is O=C(O)CC1=Nc2ccc([N+](=O)[O-])cc2S(=O)(=O)C1. The van der Waals surface area contributed by atoms with Crippen molar-refractivity contribution in [2.45, 2.75) is 11.3 Å². The van der Waals surface area contributed by atoms with Gasteiger partial charge in [0.05, 0.1) is 27.7 Å². The molecule has 0 amide bonds.